The van der Waals surface area contributed by atoms with Crippen molar-refractivity contribution in [2.45, 2.75) is 52.9 Å². The van der Waals surface area contributed by atoms with E-state index in [1.807, 2.05) is 0 Å². The van der Waals surface area contributed by atoms with Gasteiger partial charge in [0.15, 0.2) is 0 Å². The maximum absolute atomic E-state index is 5.77. The van der Waals surface area contributed by atoms with Crippen LogP contribution in [0.3, 0.4) is 0 Å². The SMILES string of the molecule is CCc1ccc(OCCCCCCN(CC)CC)cc1. The molecule has 0 fully saturated rings. The number of hydrogen-bond donors (Lipinski definition) is 0. The van der Waals surface area contributed by atoms with Crippen molar-refractivity contribution in [1.29, 1.82) is 0 Å². The Hall–Kier alpha value is -1.02. The predicted molar refractivity (Wildman–Crippen MR) is 87.6 cm³/mol. The second-order valence-electron chi connectivity index (χ2n) is 5.29. The zero-order chi connectivity index (χ0) is 14.6. The standard InChI is InChI=1S/C18H31NO/c1-4-17-11-13-18(14-12-17)20-16-10-8-7-9-15-19(5-2)6-3/h11-14H,4-10,15-16H2,1-3H3. The number of rotatable bonds is 11. The Labute approximate surface area is 125 Å². The first kappa shape index (κ1) is 17.0. The van der Waals surface area contributed by atoms with Crippen LogP contribution in [0.2, 0.25) is 0 Å². The van der Waals surface area contributed by atoms with E-state index in [1.165, 1.54) is 44.5 Å². The Morgan fingerprint density at radius 1 is 0.850 bits per heavy atom. The quantitative estimate of drug-likeness (QED) is 0.551. The zero-order valence-corrected chi connectivity index (χ0v) is 13.5. The fourth-order valence-electron chi connectivity index (χ4n) is 2.34. The van der Waals surface area contributed by atoms with Crippen LogP contribution in [-0.4, -0.2) is 31.1 Å². The van der Waals surface area contributed by atoms with E-state index in [2.05, 4.69) is 49.9 Å². The molecule has 0 N–H and O–H groups in total. The number of hydrogen-bond acceptors (Lipinski definition) is 2. The van der Waals surface area contributed by atoms with Crippen molar-refractivity contribution in [3.8, 4) is 5.75 Å². The van der Waals surface area contributed by atoms with Crippen LogP contribution < -0.4 is 4.74 Å². The van der Waals surface area contributed by atoms with Gasteiger partial charge in [-0.05, 0) is 56.6 Å². The average molecular weight is 277 g/mol. The number of ether oxygens (including phenoxy) is 1. The summed E-state index contributed by atoms with van der Waals surface area (Å²) < 4.78 is 5.77. The van der Waals surface area contributed by atoms with Crippen molar-refractivity contribution in [2.75, 3.05) is 26.2 Å². The highest BCUT2D eigenvalue weighted by molar-refractivity contribution is 5.27. The molecule has 0 amide bonds. The summed E-state index contributed by atoms with van der Waals surface area (Å²) in [6.45, 7) is 11.1. The Bertz CT molecular complexity index is 330. The molecule has 0 heterocycles. The van der Waals surface area contributed by atoms with Crippen LogP contribution in [0.15, 0.2) is 24.3 Å². The summed E-state index contributed by atoms with van der Waals surface area (Å²) in [7, 11) is 0. The summed E-state index contributed by atoms with van der Waals surface area (Å²) in [4.78, 5) is 2.49. The van der Waals surface area contributed by atoms with Gasteiger partial charge in [0.25, 0.3) is 0 Å². The highest BCUT2D eigenvalue weighted by atomic mass is 16.5. The van der Waals surface area contributed by atoms with Crippen LogP contribution in [0.25, 0.3) is 0 Å². The third-order valence-electron chi connectivity index (χ3n) is 3.86. The van der Waals surface area contributed by atoms with Crippen molar-refractivity contribution >= 4 is 0 Å². The van der Waals surface area contributed by atoms with Crippen molar-refractivity contribution < 1.29 is 4.74 Å². The highest BCUT2D eigenvalue weighted by Crippen LogP contribution is 2.13. The number of benzene rings is 1. The van der Waals surface area contributed by atoms with Gasteiger partial charge < -0.3 is 9.64 Å². The van der Waals surface area contributed by atoms with Crippen molar-refractivity contribution in [2.24, 2.45) is 0 Å². The summed E-state index contributed by atoms with van der Waals surface area (Å²) in [6, 6.07) is 8.47. The molecular weight excluding hydrogens is 246 g/mol. The first-order valence-corrected chi connectivity index (χ1v) is 8.24. The molecule has 0 atom stereocenters. The van der Waals surface area contributed by atoms with Crippen molar-refractivity contribution in [1.82, 2.24) is 4.90 Å². The fraction of sp³-hybridized carbons (Fsp3) is 0.667. The van der Waals surface area contributed by atoms with E-state index in [0.29, 0.717) is 0 Å². The van der Waals surface area contributed by atoms with Gasteiger partial charge in [-0.15, -0.1) is 0 Å². The van der Waals surface area contributed by atoms with Crippen molar-refractivity contribution in [3.63, 3.8) is 0 Å². The van der Waals surface area contributed by atoms with Crippen molar-refractivity contribution in [3.05, 3.63) is 29.8 Å². The van der Waals surface area contributed by atoms with E-state index in [4.69, 9.17) is 4.74 Å². The fourth-order valence-corrected chi connectivity index (χ4v) is 2.34. The Morgan fingerprint density at radius 3 is 2.10 bits per heavy atom. The van der Waals surface area contributed by atoms with Crippen LogP contribution in [0.4, 0.5) is 0 Å². The summed E-state index contributed by atoms with van der Waals surface area (Å²) in [6.07, 6.45) is 6.15. The monoisotopic (exact) mass is 277 g/mol. The molecule has 0 aliphatic heterocycles. The molecule has 0 spiro atoms. The molecule has 2 heteroatoms. The lowest BCUT2D eigenvalue weighted by Crippen LogP contribution is -2.23. The molecule has 2 nitrogen and oxygen atoms in total. The summed E-state index contributed by atoms with van der Waals surface area (Å²) in [5, 5.41) is 0. The summed E-state index contributed by atoms with van der Waals surface area (Å²) in [5.41, 5.74) is 1.37. The van der Waals surface area contributed by atoms with E-state index in [-0.39, 0.29) is 0 Å². The van der Waals surface area contributed by atoms with E-state index < -0.39 is 0 Å². The third-order valence-corrected chi connectivity index (χ3v) is 3.86. The molecule has 1 aromatic carbocycles. The molecule has 20 heavy (non-hydrogen) atoms. The molecule has 0 saturated carbocycles. The molecule has 0 aliphatic carbocycles. The number of aryl methyl sites for hydroxylation is 1. The second-order valence-corrected chi connectivity index (χ2v) is 5.29. The molecule has 114 valence electrons. The summed E-state index contributed by atoms with van der Waals surface area (Å²) in [5.74, 6) is 1.00. The van der Waals surface area contributed by atoms with E-state index in [0.717, 1.165) is 25.2 Å². The minimum Gasteiger partial charge on any atom is -0.494 e. The van der Waals surface area contributed by atoms with Crippen LogP contribution in [-0.2, 0) is 6.42 Å². The number of unbranched alkanes of at least 4 members (excludes halogenated alkanes) is 3. The smallest absolute Gasteiger partial charge is 0.119 e. The molecule has 0 radical (unpaired) electrons. The molecule has 0 bridgehead atoms. The lowest BCUT2D eigenvalue weighted by Gasteiger charge is -2.17. The van der Waals surface area contributed by atoms with Crippen LogP contribution in [0.5, 0.6) is 5.75 Å². The van der Waals surface area contributed by atoms with Gasteiger partial charge in [0.05, 0.1) is 6.61 Å². The van der Waals surface area contributed by atoms with Crippen LogP contribution in [0.1, 0.15) is 52.0 Å². The minimum absolute atomic E-state index is 0.844. The van der Waals surface area contributed by atoms with Gasteiger partial charge in [0.2, 0.25) is 0 Å². The maximum Gasteiger partial charge on any atom is 0.119 e. The van der Waals surface area contributed by atoms with Gasteiger partial charge in [0.1, 0.15) is 5.75 Å². The Balaban J connectivity index is 2.01. The highest BCUT2D eigenvalue weighted by Gasteiger charge is 1.98. The largest absolute Gasteiger partial charge is 0.494 e. The van der Waals surface area contributed by atoms with Gasteiger partial charge in [-0.1, -0.05) is 45.7 Å². The molecule has 0 aliphatic rings. The first-order chi connectivity index (χ1) is 9.80. The lowest BCUT2D eigenvalue weighted by atomic mass is 10.2. The third kappa shape index (κ3) is 6.95. The summed E-state index contributed by atoms with van der Waals surface area (Å²) >= 11 is 0. The molecule has 1 aromatic rings. The average Bonchev–Trinajstić information content (AvgIpc) is 2.51. The van der Waals surface area contributed by atoms with Gasteiger partial charge in [0, 0.05) is 0 Å². The molecule has 0 aromatic heterocycles. The molecule has 1 rings (SSSR count). The lowest BCUT2D eigenvalue weighted by molar-refractivity contribution is 0.284. The van der Waals surface area contributed by atoms with Gasteiger partial charge in [-0.25, -0.2) is 0 Å². The first-order valence-electron chi connectivity index (χ1n) is 8.24. The normalized spacial score (nSPS) is 11.0. The topological polar surface area (TPSA) is 12.5 Å². The van der Waals surface area contributed by atoms with Gasteiger partial charge in [-0.2, -0.15) is 0 Å². The van der Waals surface area contributed by atoms with E-state index in [9.17, 15) is 0 Å². The van der Waals surface area contributed by atoms with Gasteiger partial charge >= 0.3 is 0 Å². The van der Waals surface area contributed by atoms with E-state index in [1.54, 1.807) is 0 Å². The predicted octanol–water partition coefficient (Wildman–Crippen LogP) is 4.53. The molecule has 0 saturated heterocycles. The van der Waals surface area contributed by atoms with Crippen LogP contribution >= 0.6 is 0 Å². The van der Waals surface area contributed by atoms with Crippen LogP contribution in [0, 0.1) is 0 Å². The second kappa shape index (κ2) is 10.7. The Morgan fingerprint density at radius 2 is 1.50 bits per heavy atom. The zero-order valence-electron chi connectivity index (χ0n) is 13.5. The number of nitrogens with zero attached hydrogens (tertiary/aromatic N) is 1. The van der Waals surface area contributed by atoms with Gasteiger partial charge in [-0.3, -0.25) is 0 Å². The minimum atomic E-state index is 0.844. The molecular formula is C18H31NO. The Kier molecular flexibility index (Phi) is 9.14. The maximum atomic E-state index is 5.77. The van der Waals surface area contributed by atoms with E-state index >= 15 is 0 Å². The molecule has 0 unspecified atom stereocenters.